The van der Waals surface area contributed by atoms with Gasteiger partial charge in [-0.15, -0.1) is 0 Å². The fraction of sp³-hybridized carbons (Fsp3) is 0.375. The van der Waals surface area contributed by atoms with Crippen LogP contribution in [0, 0.1) is 0 Å². The van der Waals surface area contributed by atoms with Gasteiger partial charge in [0.05, 0.1) is 6.54 Å². The number of carbonyl (C=O) groups is 2. The number of hydrogen-bond acceptors (Lipinski definition) is 4. The Morgan fingerprint density at radius 3 is 2.33 bits per heavy atom. The van der Waals surface area contributed by atoms with Crippen LogP contribution in [0.1, 0.15) is 31.2 Å². The molecule has 0 saturated carbocycles. The maximum atomic E-state index is 12.4. The van der Waals surface area contributed by atoms with E-state index in [9.17, 15) is 9.59 Å². The minimum Gasteiger partial charge on any atom is -0.454 e. The minimum absolute atomic E-state index is 0.118. The van der Waals surface area contributed by atoms with Gasteiger partial charge in [-0.2, -0.15) is 0 Å². The number of rotatable bonds is 2. The third-order valence-electron chi connectivity index (χ3n) is 4.25. The molecule has 3 aliphatic rings. The van der Waals surface area contributed by atoms with Gasteiger partial charge in [0, 0.05) is 11.1 Å². The highest BCUT2D eigenvalue weighted by Gasteiger charge is 2.38. The first kappa shape index (κ1) is 12.4. The van der Waals surface area contributed by atoms with E-state index in [-0.39, 0.29) is 18.6 Å². The van der Waals surface area contributed by atoms with Gasteiger partial charge in [0.1, 0.15) is 0 Å². The molecule has 0 bridgehead atoms. The topological polar surface area (TPSA) is 55.8 Å². The van der Waals surface area contributed by atoms with Gasteiger partial charge in [0.2, 0.25) is 6.79 Å². The number of hydrogen-bond donors (Lipinski definition) is 0. The summed E-state index contributed by atoms with van der Waals surface area (Å²) in [6.07, 6.45) is 3.46. The monoisotopic (exact) mass is 285 g/mol. The molecule has 0 aromatic heterocycles. The number of nitrogens with zero attached hydrogens (tertiary/aromatic N) is 1. The van der Waals surface area contributed by atoms with E-state index in [1.54, 1.807) is 0 Å². The quantitative estimate of drug-likeness (QED) is 0.781. The van der Waals surface area contributed by atoms with Gasteiger partial charge in [0.25, 0.3) is 11.8 Å². The fourth-order valence-corrected chi connectivity index (χ4v) is 3.16. The molecule has 0 radical (unpaired) electrons. The Morgan fingerprint density at radius 1 is 0.952 bits per heavy atom. The van der Waals surface area contributed by atoms with Crippen LogP contribution in [0.15, 0.2) is 29.3 Å². The Morgan fingerprint density at radius 2 is 1.62 bits per heavy atom. The molecule has 1 aliphatic carbocycles. The molecule has 2 heterocycles. The lowest BCUT2D eigenvalue weighted by atomic mass is 9.93. The van der Waals surface area contributed by atoms with Crippen molar-refractivity contribution in [1.82, 2.24) is 4.90 Å². The molecule has 21 heavy (non-hydrogen) atoms. The SMILES string of the molecule is O=C1C2=C(CCCC2)C(=O)N1Cc1ccc2c(c1)OCO2. The summed E-state index contributed by atoms with van der Waals surface area (Å²) in [4.78, 5) is 26.1. The van der Waals surface area contributed by atoms with Crippen LogP contribution in [0.25, 0.3) is 0 Å². The van der Waals surface area contributed by atoms with Crippen LogP contribution < -0.4 is 9.47 Å². The summed E-state index contributed by atoms with van der Waals surface area (Å²) in [6.45, 7) is 0.511. The van der Waals surface area contributed by atoms with Crippen molar-refractivity contribution in [3.63, 3.8) is 0 Å². The normalized spacial score (nSPS) is 20.3. The van der Waals surface area contributed by atoms with Gasteiger partial charge in [-0.05, 0) is 43.4 Å². The summed E-state index contributed by atoms with van der Waals surface area (Å²) in [5.41, 5.74) is 2.33. The molecule has 1 aromatic rings. The molecule has 5 nitrogen and oxygen atoms in total. The van der Waals surface area contributed by atoms with Gasteiger partial charge >= 0.3 is 0 Å². The molecule has 0 spiro atoms. The van der Waals surface area contributed by atoms with Crippen LogP contribution in [0.2, 0.25) is 0 Å². The maximum absolute atomic E-state index is 12.4. The van der Waals surface area contributed by atoms with Crippen molar-refractivity contribution < 1.29 is 19.1 Å². The molecule has 0 saturated heterocycles. The van der Waals surface area contributed by atoms with Crippen molar-refractivity contribution >= 4 is 11.8 Å². The molecule has 5 heteroatoms. The second-order valence-corrected chi connectivity index (χ2v) is 5.55. The molecule has 1 aromatic carbocycles. The van der Waals surface area contributed by atoms with Gasteiger partial charge in [-0.25, -0.2) is 0 Å². The first-order valence-corrected chi connectivity index (χ1v) is 7.21. The Balaban J connectivity index is 1.58. The Hall–Kier alpha value is -2.30. The van der Waals surface area contributed by atoms with E-state index in [0.717, 1.165) is 42.4 Å². The van der Waals surface area contributed by atoms with Crippen molar-refractivity contribution in [2.75, 3.05) is 6.79 Å². The van der Waals surface area contributed by atoms with E-state index in [1.165, 1.54) is 4.90 Å². The number of fused-ring (bicyclic) bond motifs is 1. The van der Waals surface area contributed by atoms with Crippen LogP contribution in [0.4, 0.5) is 0 Å². The zero-order valence-corrected chi connectivity index (χ0v) is 11.6. The summed E-state index contributed by atoms with van der Waals surface area (Å²) in [5, 5.41) is 0. The van der Waals surface area contributed by atoms with E-state index in [1.807, 2.05) is 18.2 Å². The number of amides is 2. The predicted octanol–water partition coefficient (Wildman–Crippen LogP) is 2.15. The van der Waals surface area contributed by atoms with E-state index in [0.29, 0.717) is 18.0 Å². The van der Waals surface area contributed by atoms with Crippen LogP contribution in [0.5, 0.6) is 11.5 Å². The Labute approximate surface area is 122 Å². The van der Waals surface area contributed by atoms with E-state index in [2.05, 4.69) is 0 Å². The highest BCUT2D eigenvalue weighted by atomic mass is 16.7. The van der Waals surface area contributed by atoms with Crippen LogP contribution in [-0.2, 0) is 16.1 Å². The second kappa shape index (κ2) is 4.62. The van der Waals surface area contributed by atoms with Crippen LogP contribution >= 0.6 is 0 Å². The largest absolute Gasteiger partial charge is 0.454 e. The maximum Gasteiger partial charge on any atom is 0.257 e. The van der Waals surface area contributed by atoms with Gasteiger partial charge in [-0.3, -0.25) is 14.5 Å². The van der Waals surface area contributed by atoms with Crippen molar-refractivity contribution in [3.8, 4) is 11.5 Å². The van der Waals surface area contributed by atoms with E-state index in [4.69, 9.17) is 9.47 Å². The zero-order valence-electron chi connectivity index (χ0n) is 11.6. The molecule has 0 unspecified atom stereocenters. The summed E-state index contributed by atoms with van der Waals surface area (Å²) in [5.74, 6) is 1.14. The molecule has 0 fully saturated rings. The predicted molar refractivity (Wildman–Crippen MR) is 73.6 cm³/mol. The molecular weight excluding hydrogens is 270 g/mol. The number of ether oxygens (including phenoxy) is 2. The van der Waals surface area contributed by atoms with E-state index < -0.39 is 0 Å². The fourth-order valence-electron chi connectivity index (χ4n) is 3.16. The summed E-state index contributed by atoms with van der Waals surface area (Å²) in [7, 11) is 0. The lowest BCUT2D eigenvalue weighted by Crippen LogP contribution is -2.31. The molecule has 0 N–H and O–H groups in total. The van der Waals surface area contributed by atoms with Crippen molar-refractivity contribution in [3.05, 3.63) is 34.9 Å². The summed E-state index contributed by atoms with van der Waals surface area (Å²) < 4.78 is 10.6. The first-order valence-electron chi connectivity index (χ1n) is 7.21. The van der Waals surface area contributed by atoms with Crippen LogP contribution in [0.3, 0.4) is 0 Å². The minimum atomic E-state index is -0.118. The van der Waals surface area contributed by atoms with Crippen molar-refractivity contribution in [2.45, 2.75) is 32.2 Å². The summed E-state index contributed by atoms with van der Waals surface area (Å²) >= 11 is 0. The Bertz CT molecular complexity index is 649. The highest BCUT2D eigenvalue weighted by molar-refractivity contribution is 6.19. The number of carbonyl (C=O) groups excluding carboxylic acids is 2. The number of benzene rings is 1. The summed E-state index contributed by atoms with van der Waals surface area (Å²) in [6, 6.07) is 5.52. The van der Waals surface area contributed by atoms with Crippen molar-refractivity contribution in [2.24, 2.45) is 0 Å². The molecule has 108 valence electrons. The van der Waals surface area contributed by atoms with E-state index >= 15 is 0 Å². The molecule has 0 atom stereocenters. The van der Waals surface area contributed by atoms with Gasteiger partial charge in [-0.1, -0.05) is 6.07 Å². The zero-order chi connectivity index (χ0) is 14.4. The van der Waals surface area contributed by atoms with Gasteiger partial charge < -0.3 is 9.47 Å². The van der Waals surface area contributed by atoms with Crippen molar-refractivity contribution in [1.29, 1.82) is 0 Å². The highest BCUT2D eigenvalue weighted by Crippen LogP contribution is 2.36. The standard InChI is InChI=1S/C16H15NO4/c18-15-11-3-1-2-4-12(11)16(19)17(15)8-10-5-6-13-14(7-10)21-9-20-13/h5-7H,1-4,8-9H2. The molecule has 2 aliphatic heterocycles. The van der Waals surface area contributed by atoms with Gasteiger partial charge in [0.15, 0.2) is 11.5 Å². The van der Waals surface area contributed by atoms with Crippen LogP contribution in [-0.4, -0.2) is 23.5 Å². The smallest absolute Gasteiger partial charge is 0.257 e. The molecular formula is C16H15NO4. The molecule has 4 rings (SSSR count). The third kappa shape index (κ3) is 1.92. The third-order valence-corrected chi connectivity index (χ3v) is 4.25. The molecule has 2 amide bonds. The lowest BCUT2D eigenvalue weighted by molar-refractivity contribution is -0.138. The average molecular weight is 285 g/mol. The average Bonchev–Trinajstić information content (AvgIpc) is 3.06. The second-order valence-electron chi connectivity index (χ2n) is 5.55. The number of imide groups is 1. The lowest BCUT2D eigenvalue weighted by Gasteiger charge is -2.15. The first-order chi connectivity index (χ1) is 10.2. The Kier molecular flexibility index (Phi) is 2.74.